The molecule has 0 bridgehead atoms. The molecule has 0 saturated carbocycles. The highest BCUT2D eigenvalue weighted by atomic mass is 35.5. The van der Waals surface area contributed by atoms with Gasteiger partial charge in [0, 0.05) is 23.0 Å². The Morgan fingerprint density at radius 2 is 1.96 bits per heavy atom. The van der Waals surface area contributed by atoms with Gasteiger partial charge in [0.1, 0.15) is 17.8 Å². The van der Waals surface area contributed by atoms with Crippen LogP contribution in [-0.4, -0.2) is 38.2 Å². The van der Waals surface area contributed by atoms with Crippen LogP contribution in [-0.2, 0) is 9.53 Å². The predicted molar refractivity (Wildman–Crippen MR) is 96.0 cm³/mol. The Morgan fingerprint density at radius 1 is 1.24 bits per heavy atom. The van der Waals surface area contributed by atoms with Gasteiger partial charge >= 0.3 is 5.97 Å². The van der Waals surface area contributed by atoms with E-state index < -0.39 is 5.41 Å². The van der Waals surface area contributed by atoms with E-state index in [0.29, 0.717) is 11.6 Å². The number of methoxy groups -OCH3 is 1. The molecule has 0 aromatic heterocycles. The second kappa shape index (κ2) is 6.04. The van der Waals surface area contributed by atoms with Crippen LogP contribution in [0, 0.1) is 5.41 Å². The fraction of sp³-hybridized carbons (Fsp3) is 0.350. The molecule has 130 valence electrons. The third-order valence-electron chi connectivity index (χ3n) is 5.54. The van der Waals surface area contributed by atoms with Gasteiger partial charge in [-0.2, -0.15) is 0 Å². The summed E-state index contributed by atoms with van der Waals surface area (Å²) in [5.74, 6) is 0.590. The SMILES string of the molecule is COC(=O)[C@]12COc3ccccc3[C@H]1N(C)C[C@H]2c1ccc(Cl)cc1. The molecule has 0 amide bonds. The summed E-state index contributed by atoms with van der Waals surface area (Å²) < 4.78 is 11.3. The smallest absolute Gasteiger partial charge is 0.317 e. The van der Waals surface area contributed by atoms with Crippen LogP contribution in [0.15, 0.2) is 48.5 Å². The maximum absolute atomic E-state index is 13.0. The summed E-state index contributed by atoms with van der Waals surface area (Å²) in [5.41, 5.74) is 1.34. The number of carbonyl (C=O) groups excluding carboxylic acids is 1. The minimum absolute atomic E-state index is 0.0272. The molecule has 0 unspecified atom stereocenters. The zero-order chi connectivity index (χ0) is 17.6. The van der Waals surface area contributed by atoms with Crippen molar-refractivity contribution in [3.8, 4) is 5.75 Å². The van der Waals surface area contributed by atoms with E-state index in [1.54, 1.807) is 0 Å². The van der Waals surface area contributed by atoms with Gasteiger partial charge in [-0.05, 0) is 30.8 Å². The number of halogens is 1. The van der Waals surface area contributed by atoms with Crippen LogP contribution < -0.4 is 4.74 Å². The zero-order valence-electron chi connectivity index (χ0n) is 14.2. The van der Waals surface area contributed by atoms with E-state index in [0.717, 1.165) is 23.4 Å². The van der Waals surface area contributed by atoms with Gasteiger partial charge in [-0.15, -0.1) is 0 Å². The first-order valence-corrected chi connectivity index (χ1v) is 8.71. The Balaban J connectivity index is 1.88. The Labute approximate surface area is 152 Å². The highest BCUT2D eigenvalue weighted by Crippen LogP contribution is 2.58. The molecule has 0 aliphatic carbocycles. The van der Waals surface area contributed by atoms with Crippen LogP contribution in [0.4, 0.5) is 0 Å². The highest BCUT2D eigenvalue weighted by molar-refractivity contribution is 6.30. The molecule has 2 aliphatic rings. The quantitative estimate of drug-likeness (QED) is 0.769. The number of ether oxygens (including phenoxy) is 2. The lowest BCUT2D eigenvalue weighted by atomic mass is 9.68. The second-order valence-corrected chi connectivity index (χ2v) is 7.24. The number of benzene rings is 2. The number of para-hydroxylation sites is 1. The number of rotatable bonds is 2. The van der Waals surface area contributed by atoms with Crippen molar-refractivity contribution in [1.82, 2.24) is 4.90 Å². The van der Waals surface area contributed by atoms with Gasteiger partial charge in [0.05, 0.1) is 13.2 Å². The molecular weight excluding hydrogens is 338 g/mol. The largest absolute Gasteiger partial charge is 0.492 e. The number of nitrogens with zero attached hydrogens (tertiary/aromatic N) is 1. The van der Waals surface area contributed by atoms with Crippen molar-refractivity contribution in [3.05, 3.63) is 64.7 Å². The van der Waals surface area contributed by atoms with Gasteiger partial charge in [-0.1, -0.05) is 41.9 Å². The Kier molecular flexibility index (Phi) is 3.97. The average Bonchev–Trinajstić information content (AvgIpc) is 2.96. The zero-order valence-corrected chi connectivity index (χ0v) is 15.0. The number of fused-ring (bicyclic) bond motifs is 3. The van der Waals surface area contributed by atoms with Crippen LogP contribution in [0.2, 0.25) is 5.02 Å². The maximum atomic E-state index is 13.0. The average molecular weight is 358 g/mol. The van der Waals surface area contributed by atoms with Crippen molar-refractivity contribution in [2.75, 3.05) is 27.3 Å². The molecule has 3 atom stereocenters. The number of likely N-dealkylation sites (tertiary alicyclic amines) is 1. The van der Waals surface area contributed by atoms with Crippen molar-refractivity contribution in [3.63, 3.8) is 0 Å². The fourth-order valence-corrected chi connectivity index (χ4v) is 4.60. The van der Waals surface area contributed by atoms with E-state index >= 15 is 0 Å². The van der Waals surface area contributed by atoms with Crippen LogP contribution in [0.5, 0.6) is 5.75 Å². The number of likely N-dealkylation sites (N-methyl/N-ethyl adjacent to an activating group) is 1. The molecule has 0 N–H and O–H groups in total. The Bertz CT molecular complexity index is 807. The Hall–Kier alpha value is -2.04. The van der Waals surface area contributed by atoms with E-state index in [4.69, 9.17) is 21.1 Å². The molecule has 2 aromatic carbocycles. The molecule has 1 fully saturated rings. The van der Waals surface area contributed by atoms with Crippen LogP contribution >= 0.6 is 11.6 Å². The number of carbonyl (C=O) groups is 1. The first-order valence-electron chi connectivity index (χ1n) is 8.34. The van der Waals surface area contributed by atoms with E-state index in [1.807, 2.05) is 48.5 Å². The normalized spacial score (nSPS) is 28.0. The minimum atomic E-state index is -0.772. The monoisotopic (exact) mass is 357 g/mol. The van der Waals surface area contributed by atoms with Crippen LogP contribution in [0.25, 0.3) is 0 Å². The molecule has 4 nitrogen and oxygen atoms in total. The number of hydrogen-bond acceptors (Lipinski definition) is 4. The van der Waals surface area contributed by atoms with Crippen molar-refractivity contribution in [1.29, 1.82) is 0 Å². The summed E-state index contributed by atoms with van der Waals surface area (Å²) in [6, 6.07) is 15.6. The first-order chi connectivity index (χ1) is 12.1. The topological polar surface area (TPSA) is 38.8 Å². The molecule has 1 saturated heterocycles. The molecular formula is C20H20ClNO3. The van der Waals surface area contributed by atoms with E-state index in [9.17, 15) is 4.79 Å². The predicted octanol–water partition coefficient (Wildman–Crippen LogP) is 3.66. The first kappa shape index (κ1) is 16.4. The van der Waals surface area contributed by atoms with Gasteiger partial charge in [-0.3, -0.25) is 9.69 Å². The van der Waals surface area contributed by atoms with E-state index in [1.165, 1.54) is 7.11 Å². The maximum Gasteiger partial charge on any atom is 0.317 e. The van der Waals surface area contributed by atoms with Gasteiger partial charge in [0.15, 0.2) is 0 Å². The second-order valence-electron chi connectivity index (χ2n) is 6.80. The lowest BCUT2D eigenvalue weighted by molar-refractivity contribution is -0.159. The van der Waals surface area contributed by atoms with E-state index in [-0.39, 0.29) is 17.9 Å². The summed E-state index contributed by atoms with van der Waals surface area (Å²) in [6.07, 6.45) is 0. The van der Waals surface area contributed by atoms with Crippen molar-refractivity contribution in [2.45, 2.75) is 12.0 Å². The lowest BCUT2D eigenvalue weighted by Gasteiger charge is -2.42. The summed E-state index contributed by atoms with van der Waals surface area (Å²) in [7, 11) is 3.51. The molecule has 2 aliphatic heterocycles. The molecule has 4 rings (SSSR count). The van der Waals surface area contributed by atoms with Gasteiger partial charge in [0.25, 0.3) is 0 Å². The van der Waals surface area contributed by atoms with Gasteiger partial charge in [0.2, 0.25) is 0 Å². The number of esters is 1. The molecule has 2 aromatic rings. The summed E-state index contributed by atoms with van der Waals surface area (Å²) in [6.45, 7) is 1.05. The fourth-order valence-electron chi connectivity index (χ4n) is 4.47. The van der Waals surface area contributed by atoms with Crippen molar-refractivity contribution < 1.29 is 14.3 Å². The molecule has 0 radical (unpaired) electrons. The standard InChI is InChI=1S/C20H20ClNO3/c1-22-11-16(13-7-9-14(21)10-8-13)20(19(23)24-2)12-25-17-6-4-3-5-15(17)18(20)22/h3-10,16,18H,11-12H2,1-2H3/t16-,18+,20-/m0/s1. The van der Waals surface area contributed by atoms with Crippen molar-refractivity contribution in [2.24, 2.45) is 5.41 Å². The summed E-state index contributed by atoms with van der Waals surface area (Å²) in [4.78, 5) is 15.3. The Morgan fingerprint density at radius 3 is 2.68 bits per heavy atom. The number of hydrogen-bond donors (Lipinski definition) is 0. The lowest BCUT2D eigenvalue weighted by Crippen LogP contribution is -2.48. The van der Waals surface area contributed by atoms with E-state index in [2.05, 4.69) is 11.9 Å². The van der Waals surface area contributed by atoms with Gasteiger partial charge in [-0.25, -0.2) is 0 Å². The van der Waals surface area contributed by atoms with Gasteiger partial charge < -0.3 is 9.47 Å². The van der Waals surface area contributed by atoms with Crippen LogP contribution in [0.1, 0.15) is 23.1 Å². The highest BCUT2D eigenvalue weighted by Gasteiger charge is 2.62. The molecule has 2 heterocycles. The summed E-state index contributed by atoms with van der Waals surface area (Å²) in [5, 5.41) is 0.684. The third-order valence-corrected chi connectivity index (χ3v) is 5.79. The minimum Gasteiger partial charge on any atom is -0.492 e. The van der Waals surface area contributed by atoms with Crippen molar-refractivity contribution >= 4 is 17.6 Å². The third kappa shape index (κ3) is 2.35. The molecule has 5 heteroatoms. The van der Waals surface area contributed by atoms with Crippen LogP contribution in [0.3, 0.4) is 0 Å². The molecule has 25 heavy (non-hydrogen) atoms. The molecule has 0 spiro atoms. The summed E-state index contributed by atoms with van der Waals surface area (Å²) >= 11 is 6.05.